The van der Waals surface area contributed by atoms with Crippen LogP contribution in [-0.4, -0.2) is 44.3 Å². The van der Waals surface area contributed by atoms with E-state index >= 15 is 0 Å². The number of amides is 2. The van der Waals surface area contributed by atoms with E-state index in [9.17, 15) is 9.59 Å². The van der Waals surface area contributed by atoms with Gasteiger partial charge in [0.1, 0.15) is 0 Å². The van der Waals surface area contributed by atoms with E-state index < -0.39 is 0 Å². The molecule has 0 unspecified atom stereocenters. The molecule has 0 atom stereocenters. The number of hydrogen-bond acceptors (Lipinski definition) is 6. The lowest BCUT2D eigenvalue weighted by Gasteiger charge is -2.16. The van der Waals surface area contributed by atoms with Crippen LogP contribution in [-0.2, 0) is 9.59 Å². The van der Waals surface area contributed by atoms with E-state index in [1.807, 2.05) is 48.5 Å². The van der Waals surface area contributed by atoms with Gasteiger partial charge in [-0.15, -0.1) is 5.10 Å². The van der Waals surface area contributed by atoms with Crippen LogP contribution in [0.15, 0.2) is 59.8 Å². The fourth-order valence-corrected chi connectivity index (χ4v) is 3.69. The van der Waals surface area contributed by atoms with E-state index in [0.717, 1.165) is 17.8 Å². The fourth-order valence-electron chi connectivity index (χ4n) is 3.00. The lowest BCUT2D eigenvalue weighted by Crippen LogP contribution is -2.23. The number of anilines is 2. The zero-order chi connectivity index (χ0) is 19.3. The lowest BCUT2D eigenvalue weighted by molar-refractivity contribution is -0.117. The van der Waals surface area contributed by atoms with Crippen LogP contribution in [0, 0.1) is 0 Å². The molecule has 142 valence electrons. The van der Waals surface area contributed by atoms with Gasteiger partial charge in [0.15, 0.2) is 0 Å². The molecule has 9 heteroatoms. The van der Waals surface area contributed by atoms with E-state index in [0.29, 0.717) is 23.8 Å². The Kier molecular flexibility index (Phi) is 5.34. The van der Waals surface area contributed by atoms with Crippen LogP contribution in [0.4, 0.5) is 11.4 Å². The summed E-state index contributed by atoms with van der Waals surface area (Å²) in [5.41, 5.74) is 2.30. The molecule has 1 fully saturated rings. The van der Waals surface area contributed by atoms with E-state index in [2.05, 4.69) is 20.8 Å². The van der Waals surface area contributed by atoms with Crippen LogP contribution < -0.4 is 10.2 Å². The fraction of sp³-hybridized carbons (Fsp3) is 0.211. The van der Waals surface area contributed by atoms with Gasteiger partial charge in [-0.3, -0.25) is 9.59 Å². The summed E-state index contributed by atoms with van der Waals surface area (Å²) in [4.78, 5) is 26.0. The van der Waals surface area contributed by atoms with Crippen molar-refractivity contribution in [1.29, 1.82) is 0 Å². The van der Waals surface area contributed by atoms with Crippen molar-refractivity contribution in [3.05, 3.63) is 54.6 Å². The van der Waals surface area contributed by atoms with E-state index in [1.165, 1.54) is 11.8 Å². The van der Waals surface area contributed by atoms with Crippen molar-refractivity contribution in [3.8, 4) is 5.69 Å². The highest BCUT2D eigenvalue weighted by Gasteiger charge is 2.21. The molecule has 28 heavy (non-hydrogen) atoms. The normalized spacial score (nSPS) is 13.7. The van der Waals surface area contributed by atoms with E-state index in [4.69, 9.17) is 0 Å². The molecule has 0 bridgehead atoms. The molecular formula is C19H18N6O2S. The summed E-state index contributed by atoms with van der Waals surface area (Å²) in [6, 6.07) is 16.8. The SMILES string of the molecule is O=C(CSc1nnnn1-c1ccccc1)Nc1cccc(N2CCCC2=O)c1. The Hall–Kier alpha value is -3.20. The molecule has 2 heterocycles. The van der Waals surface area contributed by atoms with Gasteiger partial charge in [0.05, 0.1) is 11.4 Å². The first-order valence-electron chi connectivity index (χ1n) is 8.87. The molecule has 1 aromatic heterocycles. The van der Waals surface area contributed by atoms with Crippen LogP contribution in [0.3, 0.4) is 0 Å². The Labute approximate surface area is 165 Å². The predicted octanol–water partition coefficient (Wildman–Crippen LogP) is 2.52. The van der Waals surface area contributed by atoms with Crippen molar-refractivity contribution in [3.63, 3.8) is 0 Å². The molecule has 1 N–H and O–H groups in total. The Morgan fingerprint density at radius 1 is 1.11 bits per heavy atom. The lowest BCUT2D eigenvalue weighted by atomic mass is 10.2. The number of carbonyl (C=O) groups excluding carboxylic acids is 2. The zero-order valence-electron chi connectivity index (χ0n) is 15.0. The molecule has 0 radical (unpaired) electrons. The van der Waals surface area contributed by atoms with E-state index in [1.54, 1.807) is 15.6 Å². The predicted molar refractivity (Wildman–Crippen MR) is 107 cm³/mol. The van der Waals surface area contributed by atoms with E-state index in [-0.39, 0.29) is 17.6 Å². The maximum atomic E-state index is 12.4. The minimum Gasteiger partial charge on any atom is -0.325 e. The average molecular weight is 394 g/mol. The van der Waals surface area contributed by atoms with Crippen molar-refractivity contribution in [2.75, 3.05) is 22.5 Å². The highest BCUT2D eigenvalue weighted by molar-refractivity contribution is 7.99. The van der Waals surface area contributed by atoms with Gasteiger partial charge in [-0.1, -0.05) is 36.0 Å². The molecule has 0 saturated carbocycles. The summed E-state index contributed by atoms with van der Waals surface area (Å²) in [7, 11) is 0. The van der Waals surface area contributed by atoms with Crippen molar-refractivity contribution in [2.45, 2.75) is 18.0 Å². The van der Waals surface area contributed by atoms with Crippen LogP contribution in [0.5, 0.6) is 0 Å². The van der Waals surface area contributed by atoms with Crippen LogP contribution in [0.1, 0.15) is 12.8 Å². The molecule has 0 spiro atoms. The maximum Gasteiger partial charge on any atom is 0.234 e. The standard InChI is InChI=1S/C19H18N6O2S/c26-17(13-28-19-21-22-23-25(19)15-7-2-1-3-8-15)20-14-6-4-9-16(12-14)24-11-5-10-18(24)27/h1-4,6-9,12H,5,10-11,13H2,(H,20,26). The van der Waals surface area contributed by atoms with Crippen molar-refractivity contribution in [1.82, 2.24) is 20.2 Å². The van der Waals surface area contributed by atoms with Gasteiger partial charge < -0.3 is 10.2 Å². The molecule has 8 nitrogen and oxygen atoms in total. The van der Waals surface area contributed by atoms with Gasteiger partial charge in [0.2, 0.25) is 17.0 Å². The van der Waals surface area contributed by atoms with Gasteiger partial charge >= 0.3 is 0 Å². The van der Waals surface area contributed by atoms with Gasteiger partial charge in [-0.05, 0) is 47.2 Å². The smallest absolute Gasteiger partial charge is 0.234 e. The molecule has 1 saturated heterocycles. The Morgan fingerprint density at radius 2 is 1.93 bits per heavy atom. The second kappa shape index (κ2) is 8.22. The molecule has 3 aromatic rings. The second-order valence-corrected chi connectivity index (χ2v) is 7.19. The number of hydrogen-bond donors (Lipinski definition) is 1. The summed E-state index contributed by atoms with van der Waals surface area (Å²) in [6.07, 6.45) is 1.44. The van der Waals surface area contributed by atoms with Crippen molar-refractivity contribution >= 4 is 35.0 Å². The highest BCUT2D eigenvalue weighted by Crippen LogP contribution is 2.24. The summed E-state index contributed by atoms with van der Waals surface area (Å²) >= 11 is 1.26. The first kappa shape index (κ1) is 18.2. The third kappa shape index (κ3) is 4.04. The van der Waals surface area contributed by atoms with Gasteiger partial charge in [-0.2, -0.15) is 4.68 Å². The molecular weight excluding hydrogens is 376 g/mol. The quantitative estimate of drug-likeness (QED) is 0.646. The number of aromatic nitrogens is 4. The largest absolute Gasteiger partial charge is 0.325 e. The monoisotopic (exact) mass is 394 g/mol. The van der Waals surface area contributed by atoms with Crippen molar-refractivity contribution in [2.24, 2.45) is 0 Å². The third-order valence-electron chi connectivity index (χ3n) is 4.29. The number of rotatable bonds is 6. The molecule has 2 amide bonds. The number of tetrazole rings is 1. The highest BCUT2D eigenvalue weighted by atomic mass is 32.2. The molecule has 1 aliphatic rings. The number of para-hydroxylation sites is 1. The number of nitrogens with zero attached hydrogens (tertiary/aromatic N) is 5. The number of benzene rings is 2. The van der Waals surface area contributed by atoms with Crippen molar-refractivity contribution < 1.29 is 9.59 Å². The van der Waals surface area contributed by atoms with Gasteiger partial charge in [0.25, 0.3) is 0 Å². The number of carbonyl (C=O) groups is 2. The summed E-state index contributed by atoms with van der Waals surface area (Å²) in [5, 5.41) is 15.1. The average Bonchev–Trinajstić information content (AvgIpc) is 3.36. The molecule has 1 aliphatic heterocycles. The van der Waals surface area contributed by atoms with Gasteiger partial charge in [0, 0.05) is 24.3 Å². The first-order chi connectivity index (χ1) is 13.7. The summed E-state index contributed by atoms with van der Waals surface area (Å²) in [6.45, 7) is 0.716. The Morgan fingerprint density at radius 3 is 2.71 bits per heavy atom. The zero-order valence-corrected chi connectivity index (χ0v) is 15.8. The van der Waals surface area contributed by atoms with Gasteiger partial charge in [-0.25, -0.2) is 0 Å². The number of thioether (sulfide) groups is 1. The first-order valence-corrected chi connectivity index (χ1v) is 9.86. The minimum absolute atomic E-state index is 0.117. The topological polar surface area (TPSA) is 93.0 Å². The molecule has 4 rings (SSSR count). The minimum atomic E-state index is -0.169. The second-order valence-electron chi connectivity index (χ2n) is 6.24. The summed E-state index contributed by atoms with van der Waals surface area (Å²) < 4.78 is 1.59. The summed E-state index contributed by atoms with van der Waals surface area (Å²) in [5.74, 6) is 0.115. The Balaban J connectivity index is 1.38. The van der Waals surface area contributed by atoms with Crippen LogP contribution >= 0.6 is 11.8 Å². The third-order valence-corrected chi connectivity index (χ3v) is 5.21. The maximum absolute atomic E-state index is 12.4. The number of nitrogens with one attached hydrogen (secondary N) is 1. The van der Waals surface area contributed by atoms with Crippen LogP contribution in [0.2, 0.25) is 0 Å². The molecule has 0 aliphatic carbocycles. The Bertz CT molecular complexity index is 991. The molecule has 2 aromatic carbocycles. The van der Waals surface area contributed by atoms with Crippen LogP contribution in [0.25, 0.3) is 5.69 Å².